The summed E-state index contributed by atoms with van der Waals surface area (Å²) in [4.78, 5) is 13.5. The quantitative estimate of drug-likeness (QED) is 0.436. The number of hydrogen-bond donors (Lipinski definition) is 0. The van der Waals surface area contributed by atoms with Crippen LogP contribution in [0.4, 0.5) is 5.69 Å². The smallest absolute Gasteiger partial charge is 0.249 e. The van der Waals surface area contributed by atoms with E-state index in [4.69, 9.17) is 11.6 Å². The van der Waals surface area contributed by atoms with Crippen molar-refractivity contribution in [3.05, 3.63) is 30.3 Å². The van der Waals surface area contributed by atoms with Crippen LogP contribution >= 0.6 is 23.4 Å². The minimum Gasteiger partial charge on any atom is -0.292 e. The van der Waals surface area contributed by atoms with Crippen LogP contribution in [0.2, 0.25) is 0 Å². The van der Waals surface area contributed by atoms with E-state index in [9.17, 15) is 4.79 Å². The number of benzene rings is 1. The molecule has 2 saturated heterocycles. The lowest BCUT2D eigenvalue weighted by Gasteiger charge is -2.45. The third kappa shape index (κ3) is 1.03. The van der Waals surface area contributed by atoms with E-state index in [1.165, 1.54) is 0 Å². The van der Waals surface area contributed by atoms with Crippen molar-refractivity contribution in [3.63, 3.8) is 0 Å². The largest absolute Gasteiger partial charge is 0.292 e. The van der Waals surface area contributed by atoms with Crippen molar-refractivity contribution < 1.29 is 4.79 Å². The van der Waals surface area contributed by atoms with Gasteiger partial charge in [-0.15, -0.1) is 23.4 Å². The first kappa shape index (κ1) is 10.5. The molecule has 16 heavy (non-hydrogen) atoms. The summed E-state index contributed by atoms with van der Waals surface area (Å²) in [5.74, 6) is 0.0194. The summed E-state index contributed by atoms with van der Waals surface area (Å²) >= 11 is 7.94. The molecular formula is C12H12ClNOS. The van der Waals surface area contributed by atoms with Crippen molar-refractivity contribution in [1.82, 2.24) is 0 Å². The molecule has 0 aliphatic carbocycles. The molecule has 2 aliphatic heterocycles. The van der Waals surface area contributed by atoms with Crippen LogP contribution in [0.15, 0.2) is 30.3 Å². The molecule has 0 aromatic heterocycles. The van der Waals surface area contributed by atoms with Crippen LogP contribution in [-0.2, 0) is 4.79 Å². The molecule has 0 N–H and O–H groups in total. The second-order valence-corrected chi connectivity index (χ2v) is 6.96. The van der Waals surface area contributed by atoms with Crippen LogP contribution in [0.1, 0.15) is 13.8 Å². The Morgan fingerprint density at radius 1 is 1.31 bits per heavy atom. The molecule has 1 aromatic rings. The van der Waals surface area contributed by atoms with Crippen LogP contribution in [0.5, 0.6) is 0 Å². The van der Waals surface area contributed by atoms with E-state index in [2.05, 4.69) is 13.8 Å². The first-order chi connectivity index (χ1) is 7.51. The summed E-state index contributed by atoms with van der Waals surface area (Å²) in [6, 6.07) is 9.74. The number of alkyl halides is 1. The van der Waals surface area contributed by atoms with E-state index in [1.54, 1.807) is 11.8 Å². The van der Waals surface area contributed by atoms with Crippen LogP contribution in [0.25, 0.3) is 0 Å². The maximum absolute atomic E-state index is 11.9. The van der Waals surface area contributed by atoms with E-state index in [1.807, 2.05) is 35.2 Å². The summed E-state index contributed by atoms with van der Waals surface area (Å²) < 4.78 is 0.0587. The van der Waals surface area contributed by atoms with Crippen molar-refractivity contribution in [2.75, 3.05) is 4.90 Å². The van der Waals surface area contributed by atoms with Crippen molar-refractivity contribution in [2.24, 2.45) is 0 Å². The molecule has 0 bridgehead atoms. The Bertz CT molecular complexity index is 461. The van der Waals surface area contributed by atoms with Crippen molar-refractivity contribution >= 4 is 35.0 Å². The minimum atomic E-state index is -0.382. The molecule has 2 nitrogen and oxygen atoms in total. The molecule has 0 saturated carbocycles. The van der Waals surface area contributed by atoms with E-state index >= 15 is 0 Å². The molecule has 3 rings (SSSR count). The predicted octanol–water partition coefficient (Wildman–Crippen LogP) is 2.86. The van der Waals surface area contributed by atoms with Crippen molar-refractivity contribution in [3.8, 4) is 0 Å². The maximum Gasteiger partial charge on any atom is 0.249 e. The lowest BCUT2D eigenvalue weighted by Crippen LogP contribution is -2.68. The Morgan fingerprint density at radius 3 is 2.38 bits per heavy atom. The molecular weight excluding hydrogens is 242 g/mol. The van der Waals surface area contributed by atoms with Crippen molar-refractivity contribution in [2.45, 2.75) is 28.8 Å². The highest BCUT2D eigenvalue weighted by molar-refractivity contribution is 8.10. The highest BCUT2D eigenvalue weighted by Crippen LogP contribution is 2.72. The van der Waals surface area contributed by atoms with Gasteiger partial charge in [0.15, 0.2) is 0 Å². The fraction of sp³-hybridized carbons (Fsp3) is 0.417. The second kappa shape index (κ2) is 2.96. The van der Waals surface area contributed by atoms with E-state index in [0.717, 1.165) is 5.69 Å². The van der Waals surface area contributed by atoms with Crippen molar-refractivity contribution in [1.29, 1.82) is 0 Å². The molecule has 4 heteroatoms. The zero-order valence-electron chi connectivity index (χ0n) is 9.11. The van der Waals surface area contributed by atoms with Gasteiger partial charge in [0.1, 0.15) is 10.2 Å². The molecule has 2 unspecified atom stereocenters. The van der Waals surface area contributed by atoms with Gasteiger partial charge in [0.2, 0.25) is 5.91 Å². The fourth-order valence-electron chi connectivity index (χ4n) is 2.42. The summed E-state index contributed by atoms with van der Waals surface area (Å²) in [6.07, 6.45) is 0. The zero-order valence-corrected chi connectivity index (χ0v) is 10.7. The molecule has 2 fully saturated rings. The number of hydrogen-bond acceptors (Lipinski definition) is 2. The van der Waals surface area contributed by atoms with Gasteiger partial charge in [0.05, 0.1) is 0 Å². The maximum atomic E-state index is 11.9. The molecule has 2 atom stereocenters. The number of halogens is 1. The van der Waals surface area contributed by atoms with E-state index in [0.29, 0.717) is 0 Å². The van der Waals surface area contributed by atoms with E-state index < -0.39 is 0 Å². The average Bonchev–Trinajstić information content (AvgIpc) is 2.86. The van der Waals surface area contributed by atoms with Gasteiger partial charge in [-0.3, -0.25) is 9.69 Å². The lowest BCUT2D eigenvalue weighted by atomic mass is 9.90. The standard InChI is InChI=1S/C12H12ClNOS/c1-11(2)12(16-11)9(13)10(15)14(12)8-6-4-3-5-7-8/h3-7,9H,1-2H3. The molecule has 84 valence electrons. The number of anilines is 1. The molecule has 1 aromatic carbocycles. The second-order valence-electron chi connectivity index (χ2n) is 4.68. The first-order valence-electron chi connectivity index (χ1n) is 5.24. The number of thioether (sulfide) groups is 1. The number of carbonyl (C=O) groups excluding carboxylic acids is 1. The third-order valence-electron chi connectivity index (χ3n) is 3.36. The molecule has 1 amide bonds. The summed E-state index contributed by atoms with van der Waals surface area (Å²) in [6.45, 7) is 4.27. The Labute approximate surface area is 104 Å². The zero-order chi connectivity index (χ0) is 11.6. The highest BCUT2D eigenvalue weighted by atomic mass is 35.5. The number of rotatable bonds is 1. The normalized spacial score (nSPS) is 35.1. The van der Waals surface area contributed by atoms with Gasteiger partial charge in [-0.1, -0.05) is 18.2 Å². The average molecular weight is 254 g/mol. The molecule has 2 heterocycles. The number of para-hydroxylation sites is 1. The van der Waals surface area contributed by atoms with Gasteiger partial charge in [0.25, 0.3) is 0 Å². The van der Waals surface area contributed by atoms with Gasteiger partial charge in [-0.05, 0) is 26.0 Å². The molecule has 2 aliphatic rings. The number of nitrogens with zero attached hydrogens (tertiary/aromatic N) is 1. The van der Waals surface area contributed by atoms with E-state index in [-0.39, 0.29) is 20.9 Å². The van der Waals surface area contributed by atoms with Gasteiger partial charge in [-0.2, -0.15) is 0 Å². The summed E-state index contributed by atoms with van der Waals surface area (Å²) in [5.41, 5.74) is 0.947. The summed E-state index contributed by atoms with van der Waals surface area (Å²) in [5, 5.41) is -0.382. The lowest BCUT2D eigenvalue weighted by molar-refractivity contribution is -0.124. The monoisotopic (exact) mass is 253 g/mol. The fourth-order valence-corrected chi connectivity index (χ4v) is 4.52. The van der Waals surface area contributed by atoms with Crippen LogP contribution in [0, 0.1) is 0 Å². The predicted molar refractivity (Wildman–Crippen MR) is 68.0 cm³/mol. The van der Waals surface area contributed by atoms with Gasteiger partial charge >= 0.3 is 0 Å². The van der Waals surface area contributed by atoms with Gasteiger partial charge in [-0.25, -0.2) is 0 Å². The Morgan fingerprint density at radius 2 is 1.88 bits per heavy atom. The Kier molecular flexibility index (Phi) is 1.94. The van der Waals surface area contributed by atoms with Gasteiger partial charge in [0, 0.05) is 10.4 Å². The number of β-lactam (4-membered cyclic amide) rings is 1. The van der Waals surface area contributed by atoms with Crippen LogP contribution < -0.4 is 4.90 Å². The Hall–Kier alpha value is -0.670. The number of amides is 1. The van der Waals surface area contributed by atoms with Crippen LogP contribution in [-0.4, -0.2) is 20.9 Å². The topological polar surface area (TPSA) is 20.3 Å². The molecule has 0 radical (unpaired) electrons. The Balaban J connectivity index is 2.01. The SMILES string of the molecule is CC1(C)SC12C(Cl)C(=O)N2c1ccccc1. The molecule has 1 spiro atoms. The summed E-state index contributed by atoms with van der Waals surface area (Å²) in [7, 11) is 0. The third-order valence-corrected chi connectivity index (χ3v) is 5.85. The number of carbonyl (C=O) groups is 1. The minimum absolute atomic E-state index is 0.0194. The highest BCUT2D eigenvalue weighted by Gasteiger charge is 2.79. The first-order valence-corrected chi connectivity index (χ1v) is 6.49. The van der Waals surface area contributed by atoms with Crippen LogP contribution in [0.3, 0.4) is 0 Å². The van der Waals surface area contributed by atoms with Gasteiger partial charge < -0.3 is 0 Å².